The van der Waals surface area contributed by atoms with Crippen LogP contribution in [-0.4, -0.2) is 37.2 Å². The number of aliphatic hydroxyl groups excluding tert-OH is 1. The van der Waals surface area contributed by atoms with Gasteiger partial charge >= 0.3 is 5.97 Å². The standard InChI is InChI=1S/C10H11Cl2NO5S/c11-6-1-2-7(12)9(5-6)19(17,18)13-8(3-4-14)10(15)16/h1-2,5,8,13-14H,3-4H2,(H,15,16)/t8-/m0/s1. The lowest BCUT2D eigenvalue weighted by Gasteiger charge is -2.14. The molecule has 1 atom stereocenters. The molecule has 0 saturated heterocycles. The molecule has 0 aliphatic heterocycles. The monoisotopic (exact) mass is 327 g/mol. The number of carboxylic acid groups (broad SMARTS) is 1. The first-order chi connectivity index (χ1) is 8.77. The fraction of sp³-hybridized carbons (Fsp3) is 0.300. The zero-order valence-corrected chi connectivity index (χ0v) is 11.8. The van der Waals surface area contributed by atoms with Crippen LogP contribution in [0.15, 0.2) is 23.1 Å². The minimum absolute atomic E-state index is 0.0787. The van der Waals surface area contributed by atoms with E-state index in [2.05, 4.69) is 0 Å². The van der Waals surface area contributed by atoms with Crippen LogP contribution in [-0.2, 0) is 14.8 Å². The van der Waals surface area contributed by atoms with E-state index >= 15 is 0 Å². The Morgan fingerprint density at radius 3 is 2.53 bits per heavy atom. The zero-order chi connectivity index (χ0) is 14.6. The molecule has 1 rings (SSSR count). The van der Waals surface area contributed by atoms with Gasteiger partial charge in [-0.25, -0.2) is 8.42 Å². The van der Waals surface area contributed by atoms with E-state index in [1.165, 1.54) is 12.1 Å². The van der Waals surface area contributed by atoms with E-state index < -0.39 is 28.6 Å². The Bertz CT molecular complexity index is 575. The first kappa shape index (κ1) is 16.2. The number of aliphatic carboxylic acids is 1. The summed E-state index contributed by atoms with van der Waals surface area (Å²) in [5, 5.41) is 17.6. The summed E-state index contributed by atoms with van der Waals surface area (Å²) in [6.45, 7) is -0.469. The first-order valence-electron chi connectivity index (χ1n) is 5.09. The van der Waals surface area contributed by atoms with Gasteiger partial charge in [0.05, 0.1) is 5.02 Å². The molecule has 0 spiro atoms. The third kappa shape index (κ3) is 4.32. The molecule has 106 valence electrons. The molecule has 0 bridgehead atoms. The number of halogens is 2. The summed E-state index contributed by atoms with van der Waals surface area (Å²) >= 11 is 11.4. The number of carbonyl (C=O) groups is 1. The highest BCUT2D eigenvalue weighted by atomic mass is 35.5. The van der Waals surface area contributed by atoms with Crippen LogP contribution in [0.25, 0.3) is 0 Å². The second-order valence-corrected chi connectivity index (χ2v) is 6.13. The number of hydrogen-bond donors (Lipinski definition) is 3. The van der Waals surface area contributed by atoms with Crippen molar-refractivity contribution in [3.63, 3.8) is 0 Å². The minimum Gasteiger partial charge on any atom is -0.480 e. The number of aliphatic hydroxyl groups is 1. The Morgan fingerprint density at radius 1 is 1.37 bits per heavy atom. The summed E-state index contributed by atoms with van der Waals surface area (Å²) in [6, 6.07) is 2.38. The molecule has 1 aromatic rings. The maximum absolute atomic E-state index is 12.0. The Balaban J connectivity index is 3.10. The van der Waals surface area contributed by atoms with Crippen LogP contribution < -0.4 is 4.72 Å². The van der Waals surface area contributed by atoms with Gasteiger partial charge in [-0.05, 0) is 24.6 Å². The highest BCUT2D eigenvalue weighted by Crippen LogP contribution is 2.25. The van der Waals surface area contributed by atoms with Crippen molar-refractivity contribution in [1.82, 2.24) is 4.72 Å². The van der Waals surface area contributed by atoms with Gasteiger partial charge < -0.3 is 10.2 Å². The molecular weight excluding hydrogens is 317 g/mol. The van der Waals surface area contributed by atoms with Crippen LogP contribution in [0.1, 0.15) is 6.42 Å². The molecule has 0 aliphatic carbocycles. The topological polar surface area (TPSA) is 104 Å². The van der Waals surface area contributed by atoms with E-state index in [4.69, 9.17) is 33.4 Å². The highest BCUT2D eigenvalue weighted by Gasteiger charge is 2.26. The van der Waals surface area contributed by atoms with Gasteiger partial charge in [-0.3, -0.25) is 4.79 Å². The van der Waals surface area contributed by atoms with Crippen molar-refractivity contribution >= 4 is 39.2 Å². The van der Waals surface area contributed by atoms with Crippen molar-refractivity contribution in [3.05, 3.63) is 28.2 Å². The molecule has 9 heteroatoms. The average molecular weight is 328 g/mol. The van der Waals surface area contributed by atoms with E-state index in [-0.39, 0.29) is 21.4 Å². The number of benzene rings is 1. The van der Waals surface area contributed by atoms with Crippen molar-refractivity contribution < 1.29 is 23.4 Å². The molecule has 3 N–H and O–H groups in total. The fourth-order valence-corrected chi connectivity index (χ4v) is 3.28. The molecule has 0 aliphatic rings. The van der Waals surface area contributed by atoms with Gasteiger partial charge in [0, 0.05) is 11.6 Å². The second kappa shape index (κ2) is 6.53. The van der Waals surface area contributed by atoms with Crippen LogP contribution in [0, 0.1) is 0 Å². The molecule has 0 heterocycles. The van der Waals surface area contributed by atoms with Crippen LogP contribution in [0.3, 0.4) is 0 Å². The molecule has 0 saturated carbocycles. The fourth-order valence-electron chi connectivity index (χ4n) is 1.30. The number of carboxylic acids is 1. The Labute approximate surface area is 120 Å². The molecule has 0 fully saturated rings. The van der Waals surface area contributed by atoms with Gasteiger partial charge in [-0.1, -0.05) is 23.2 Å². The minimum atomic E-state index is -4.14. The van der Waals surface area contributed by atoms with Crippen molar-refractivity contribution in [2.24, 2.45) is 0 Å². The third-order valence-electron chi connectivity index (χ3n) is 2.20. The van der Waals surface area contributed by atoms with Crippen LogP contribution in [0.4, 0.5) is 0 Å². The van der Waals surface area contributed by atoms with Gasteiger partial charge in [0.25, 0.3) is 0 Å². The van der Waals surface area contributed by atoms with Crippen molar-refractivity contribution in [2.75, 3.05) is 6.61 Å². The third-order valence-corrected chi connectivity index (χ3v) is 4.38. The number of hydrogen-bond acceptors (Lipinski definition) is 4. The molecule has 0 unspecified atom stereocenters. The smallest absolute Gasteiger partial charge is 0.321 e. The Morgan fingerprint density at radius 2 is 2.00 bits per heavy atom. The number of rotatable bonds is 6. The Kier molecular flexibility index (Phi) is 5.57. The first-order valence-corrected chi connectivity index (χ1v) is 7.33. The Hall–Kier alpha value is -0.860. The lowest BCUT2D eigenvalue weighted by molar-refractivity contribution is -0.139. The lowest BCUT2D eigenvalue weighted by Crippen LogP contribution is -2.41. The maximum Gasteiger partial charge on any atom is 0.321 e. The maximum atomic E-state index is 12.0. The highest BCUT2D eigenvalue weighted by molar-refractivity contribution is 7.89. The van der Waals surface area contributed by atoms with E-state index in [0.717, 1.165) is 6.07 Å². The van der Waals surface area contributed by atoms with Gasteiger partial charge in [-0.15, -0.1) is 0 Å². The van der Waals surface area contributed by atoms with Crippen LogP contribution in [0.5, 0.6) is 0 Å². The number of nitrogens with one attached hydrogen (secondary N) is 1. The van der Waals surface area contributed by atoms with Gasteiger partial charge in [0.15, 0.2) is 0 Å². The summed E-state index contributed by atoms with van der Waals surface area (Å²) in [4.78, 5) is 10.5. The summed E-state index contributed by atoms with van der Waals surface area (Å²) in [6.07, 6.45) is -0.257. The molecule has 6 nitrogen and oxygen atoms in total. The van der Waals surface area contributed by atoms with Crippen molar-refractivity contribution in [2.45, 2.75) is 17.4 Å². The van der Waals surface area contributed by atoms with E-state index in [1.807, 2.05) is 4.72 Å². The normalized spacial score (nSPS) is 13.2. The quantitative estimate of drug-likeness (QED) is 0.726. The van der Waals surface area contributed by atoms with Crippen molar-refractivity contribution in [1.29, 1.82) is 0 Å². The molecule has 0 radical (unpaired) electrons. The molecule has 0 aromatic heterocycles. The summed E-state index contributed by atoms with van der Waals surface area (Å²) in [7, 11) is -4.14. The average Bonchev–Trinajstić information content (AvgIpc) is 2.31. The predicted molar refractivity (Wildman–Crippen MR) is 69.9 cm³/mol. The van der Waals surface area contributed by atoms with E-state index in [0.29, 0.717) is 0 Å². The molecular formula is C10H11Cl2NO5S. The molecule has 1 aromatic carbocycles. The summed E-state index contributed by atoms with van der Waals surface area (Å²) in [5.74, 6) is -1.39. The van der Waals surface area contributed by atoms with Crippen LogP contribution in [0.2, 0.25) is 10.0 Å². The van der Waals surface area contributed by atoms with Gasteiger partial charge in [-0.2, -0.15) is 4.72 Å². The van der Waals surface area contributed by atoms with Crippen molar-refractivity contribution in [3.8, 4) is 0 Å². The lowest BCUT2D eigenvalue weighted by atomic mass is 10.2. The predicted octanol–water partition coefficient (Wildman–Crippen LogP) is 1.11. The van der Waals surface area contributed by atoms with Gasteiger partial charge in [0.2, 0.25) is 10.0 Å². The van der Waals surface area contributed by atoms with E-state index in [9.17, 15) is 13.2 Å². The van der Waals surface area contributed by atoms with Gasteiger partial charge in [0.1, 0.15) is 10.9 Å². The zero-order valence-electron chi connectivity index (χ0n) is 9.51. The number of sulfonamides is 1. The van der Waals surface area contributed by atoms with E-state index in [1.54, 1.807) is 0 Å². The second-order valence-electron chi connectivity index (χ2n) is 3.60. The summed E-state index contributed by atoms with van der Waals surface area (Å²) in [5.41, 5.74) is 0. The SMILES string of the molecule is O=C(O)[C@H](CCO)NS(=O)(=O)c1cc(Cl)ccc1Cl. The molecule has 0 amide bonds. The summed E-state index contributed by atoms with van der Waals surface area (Å²) < 4.78 is 25.9. The molecule has 19 heavy (non-hydrogen) atoms. The largest absolute Gasteiger partial charge is 0.480 e. The van der Waals surface area contributed by atoms with Crippen LogP contribution >= 0.6 is 23.2 Å².